The quantitative estimate of drug-likeness (QED) is 0.695. The van der Waals surface area contributed by atoms with E-state index < -0.39 is 0 Å². The third-order valence-electron chi connectivity index (χ3n) is 5.08. The number of aryl methyl sites for hydroxylation is 1. The summed E-state index contributed by atoms with van der Waals surface area (Å²) in [5, 5.41) is 3.98. The highest BCUT2D eigenvalue weighted by Crippen LogP contribution is 2.28. The van der Waals surface area contributed by atoms with Crippen LogP contribution in [0.3, 0.4) is 0 Å². The average Bonchev–Trinajstić information content (AvgIpc) is 3.22. The van der Waals surface area contributed by atoms with Gasteiger partial charge in [-0.05, 0) is 36.5 Å². The van der Waals surface area contributed by atoms with E-state index in [9.17, 15) is 4.79 Å². The fourth-order valence-corrected chi connectivity index (χ4v) is 3.53. The number of pyridine rings is 1. The van der Waals surface area contributed by atoms with Gasteiger partial charge in [-0.15, -0.1) is 0 Å². The van der Waals surface area contributed by atoms with E-state index in [1.807, 2.05) is 23.1 Å². The Kier molecular flexibility index (Phi) is 5.23. The van der Waals surface area contributed by atoms with Crippen LogP contribution >= 0.6 is 0 Å². The van der Waals surface area contributed by atoms with Gasteiger partial charge in [-0.25, -0.2) is 0 Å². The average molecular weight is 362 g/mol. The standard InChI is InChI=1S/C21H22N4O2/c26-20(25-14-10-17(11-15-25)16-4-2-1-3-5-16)7-6-19-23-21(24-27-19)18-8-12-22-13-9-18/h1-5,8-9,12-13,17H,6-7,10-11,14-15H2. The van der Waals surface area contributed by atoms with E-state index in [1.165, 1.54) is 5.56 Å². The van der Waals surface area contributed by atoms with Crippen molar-refractivity contribution >= 4 is 5.91 Å². The zero-order chi connectivity index (χ0) is 18.5. The van der Waals surface area contributed by atoms with Crippen molar-refractivity contribution < 1.29 is 9.32 Å². The smallest absolute Gasteiger partial charge is 0.227 e. The van der Waals surface area contributed by atoms with Gasteiger partial charge in [0.1, 0.15) is 0 Å². The number of likely N-dealkylation sites (tertiary alicyclic amines) is 1. The second-order valence-corrected chi connectivity index (χ2v) is 6.81. The first-order chi connectivity index (χ1) is 13.3. The highest BCUT2D eigenvalue weighted by molar-refractivity contribution is 5.76. The van der Waals surface area contributed by atoms with Gasteiger partial charge >= 0.3 is 0 Å². The maximum atomic E-state index is 12.5. The molecule has 138 valence electrons. The highest BCUT2D eigenvalue weighted by Gasteiger charge is 2.24. The summed E-state index contributed by atoms with van der Waals surface area (Å²) in [5.41, 5.74) is 2.23. The van der Waals surface area contributed by atoms with Crippen molar-refractivity contribution in [3.63, 3.8) is 0 Å². The van der Waals surface area contributed by atoms with Gasteiger partial charge in [0.25, 0.3) is 0 Å². The Balaban J connectivity index is 1.27. The molecule has 1 amide bonds. The van der Waals surface area contributed by atoms with Crippen LogP contribution < -0.4 is 0 Å². The Labute approximate surface area is 158 Å². The molecule has 0 bridgehead atoms. The first-order valence-corrected chi connectivity index (χ1v) is 9.35. The number of rotatable bonds is 5. The number of hydrogen-bond donors (Lipinski definition) is 0. The fourth-order valence-electron chi connectivity index (χ4n) is 3.53. The zero-order valence-electron chi connectivity index (χ0n) is 15.1. The van der Waals surface area contributed by atoms with Crippen LogP contribution in [0.25, 0.3) is 11.4 Å². The fraction of sp³-hybridized carbons (Fsp3) is 0.333. The van der Waals surface area contributed by atoms with E-state index >= 15 is 0 Å². The van der Waals surface area contributed by atoms with Gasteiger partial charge in [-0.3, -0.25) is 9.78 Å². The van der Waals surface area contributed by atoms with E-state index in [2.05, 4.69) is 39.4 Å². The molecule has 6 nitrogen and oxygen atoms in total. The lowest BCUT2D eigenvalue weighted by Gasteiger charge is -2.32. The third-order valence-corrected chi connectivity index (χ3v) is 5.08. The van der Waals surface area contributed by atoms with Crippen molar-refractivity contribution in [2.75, 3.05) is 13.1 Å². The van der Waals surface area contributed by atoms with Crippen LogP contribution in [0, 0.1) is 0 Å². The Morgan fingerprint density at radius 3 is 2.56 bits per heavy atom. The van der Waals surface area contributed by atoms with Crippen molar-refractivity contribution in [3.05, 3.63) is 66.3 Å². The molecule has 0 atom stereocenters. The van der Waals surface area contributed by atoms with Gasteiger partial charge in [0.15, 0.2) is 0 Å². The summed E-state index contributed by atoms with van der Waals surface area (Å²) in [5.74, 6) is 1.73. The molecule has 4 rings (SSSR count). The summed E-state index contributed by atoms with van der Waals surface area (Å²) in [6.07, 6.45) is 6.27. The molecule has 3 aromatic rings. The topological polar surface area (TPSA) is 72.1 Å². The normalized spacial score (nSPS) is 15.0. The molecule has 0 saturated carbocycles. The van der Waals surface area contributed by atoms with Crippen LogP contribution in [-0.4, -0.2) is 39.0 Å². The molecular formula is C21H22N4O2. The number of aromatic nitrogens is 3. The van der Waals surface area contributed by atoms with E-state index in [0.29, 0.717) is 30.5 Å². The summed E-state index contributed by atoms with van der Waals surface area (Å²) in [4.78, 5) is 22.8. The predicted molar refractivity (Wildman–Crippen MR) is 101 cm³/mol. The number of amides is 1. The SMILES string of the molecule is O=C(CCc1nc(-c2ccncc2)no1)N1CCC(c2ccccc2)CC1. The number of carbonyl (C=O) groups is 1. The van der Waals surface area contributed by atoms with E-state index in [0.717, 1.165) is 31.5 Å². The zero-order valence-corrected chi connectivity index (χ0v) is 15.1. The lowest BCUT2D eigenvalue weighted by molar-refractivity contribution is -0.132. The molecule has 0 radical (unpaired) electrons. The van der Waals surface area contributed by atoms with Gasteiger partial charge < -0.3 is 9.42 Å². The summed E-state index contributed by atoms with van der Waals surface area (Å²) in [6, 6.07) is 14.2. The molecule has 0 spiro atoms. The second kappa shape index (κ2) is 8.12. The van der Waals surface area contributed by atoms with Crippen LogP contribution in [0.15, 0.2) is 59.4 Å². The monoisotopic (exact) mass is 362 g/mol. The Hall–Kier alpha value is -3.02. The molecule has 1 aliphatic rings. The van der Waals surface area contributed by atoms with Gasteiger partial charge in [0.2, 0.25) is 17.6 Å². The molecule has 1 saturated heterocycles. The van der Waals surface area contributed by atoms with E-state index in [4.69, 9.17) is 4.52 Å². The maximum Gasteiger partial charge on any atom is 0.227 e. The first-order valence-electron chi connectivity index (χ1n) is 9.35. The molecule has 1 fully saturated rings. The highest BCUT2D eigenvalue weighted by atomic mass is 16.5. The van der Waals surface area contributed by atoms with Crippen molar-refractivity contribution in [2.45, 2.75) is 31.6 Å². The minimum Gasteiger partial charge on any atom is -0.343 e. The molecule has 1 aromatic carbocycles. The number of benzene rings is 1. The Morgan fingerprint density at radius 1 is 1.07 bits per heavy atom. The number of carbonyl (C=O) groups excluding carboxylic acids is 1. The molecule has 1 aliphatic heterocycles. The lowest BCUT2D eigenvalue weighted by atomic mass is 9.89. The molecule has 0 N–H and O–H groups in total. The Bertz CT molecular complexity index is 871. The van der Waals surface area contributed by atoms with Crippen LogP contribution in [0.2, 0.25) is 0 Å². The van der Waals surface area contributed by atoms with Crippen molar-refractivity contribution in [3.8, 4) is 11.4 Å². The minimum absolute atomic E-state index is 0.158. The first kappa shape index (κ1) is 17.4. The lowest BCUT2D eigenvalue weighted by Crippen LogP contribution is -2.38. The second-order valence-electron chi connectivity index (χ2n) is 6.81. The molecular weight excluding hydrogens is 340 g/mol. The summed E-state index contributed by atoms with van der Waals surface area (Å²) in [6.45, 7) is 1.62. The van der Waals surface area contributed by atoms with Crippen LogP contribution in [0.5, 0.6) is 0 Å². The predicted octanol–water partition coefficient (Wildman–Crippen LogP) is 3.47. The number of nitrogens with zero attached hydrogens (tertiary/aromatic N) is 4. The van der Waals surface area contributed by atoms with Gasteiger partial charge in [0, 0.05) is 43.9 Å². The maximum absolute atomic E-state index is 12.5. The minimum atomic E-state index is 0.158. The summed E-state index contributed by atoms with van der Waals surface area (Å²) >= 11 is 0. The molecule has 0 aliphatic carbocycles. The van der Waals surface area contributed by atoms with Crippen LogP contribution in [0.1, 0.15) is 36.6 Å². The van der Waals surface area contributed by atoms with Crippen molar-refractivity contribution in [1.29, 1.82) is 0 Å². The molecule has 2 aromatic heterocycles. The summed E-state index contributed by atoms with van der Waals surface area (Å²) < 4.78 is 5.28. The number of hydrogen-bond acceptors (Lipinski definition) is 5. The Morgan fingerprint density at radius 2 is 1.81 bits per heavy atom. The molecule has 27 heavy (non-hydrogen) atoms. The molecule has 3 heterocycles. The van der Waals surface area contributed by atoms with Gasteiger partial charge in [0.05, 0.1) is 0 Å². The molecule has 0 unspecified atom stereocenters. The van der Waals surface area contributed by atoms with E-state index in [-0.39, 0.29) is 5.91 Å². The van der Waals surface area contributed by atoms with Crippen molar-refractivity contribution in [1.82, 2.24) is 20.0 Å². The summed E-state index contributed by atoms with van der Waals surface area (Å²) in [7, 11) is 0. The van der Waals surface area contributed by atoms with Crippen LogP contribution in [-0.2, 0) is 11.2 Å². The third kappa shape index (κ3) is 4.22. The number of piperidine rings is 1. The van der Waals surface area contributed by atoms with Gasteiger partial charge in [-0.2, -0.15) is 4.98 Å². The molecule has 6 heteroatoms. The van der Waals surface area contributed by atoms with Gasteiger partial charge in [-0.1, -0.05) is 35.5 Å². The largest absolute Gasteiger partial charge is 0.343 e. The van der Waals surface area contributed by atoms with E-state index in [1.54, 1.807) is 12.4 Å². The van der Waals surface area contributed by atoms with Crippen molar-refractivity contribution in [2.24, 2.45) is 0 Å². The van der Waals surface area contributed by atoms with Crippen LogP contribution in [0.4, 0.5) is 0 Å².